The molecule has 0 radical (unpaired) electrons. The maximum absolute atomic E-state index is 13.0. The van der Waals surface area contributed by atoms with Crippen LogP contribution in [0, 0.1) is 0 Å². The fourth-order valence-electron chi connectivity index (χ4n) is 3.33. The van der Waals surface area contributed by atoms with Crippen LogP contribution >= 0.6 is 0 Å². The van der Waals surface area contributed by atoms with E-state index < -0.39 is 17.4 Å². The second-order valence-electron chi connectivity index (χ2n) is 6.19. The third kappa shape index (κ3) is 3.78. The van der Waals surface area contributed by atoms with Crippen molar-refractivity contribution in [1.82, 2.24) is 5.32 Å². The normalized spacial score (nSPS) is 17.6. The molecule has 2 N–H and O–H groups in total. The molecule has 1 fully saturated rings. The Hall–Kier alpha value is -2.30. The van der Waals surface area contributed by atoms with E-state index in [0.29, 0.717) is 0 Å². The van der Waals surface area contributed by atoms with Crippen molar-refractivity contribution in [3.8, 4) is 5.75 Å². The molecule has 2 rings (SSSR count). The Bertz CT molecular complexity index is 600. The second-order valence-corrected chi connectivity index (χ2v) is 6.19. The molecule has 1 aromatic carbocycles. The first-order valence-electron chi connectivity index (χ1n) is 8.33. The predicted molar refractivity (Wildman–Crippen MR) is 92.1 cm³/mol. The zero-order valence-electron chi connectivity index (χ0n) is 14.2. The van der Waals surface area contributed by atoms with Crippen molar-refractivity contribution < 1.29 is 19.4 Å². The lowest BCUT2D eigenvalue weighted by Crippen LogP contribution is -2.49. The van der Waals surface area contributed by atoms with Gasteiger partial charge in [-0.3, -0.25) is 4.79 Å². The van der Waals surface area contributed by atoms with Crippen LogP contribution in [0.2, 0.25) is 0 Å². The highest BCUT2D eigenvalue weighted by Gasteiger charge is 2.43. The van der Waals surface area contributed by atoms with Gasteiger partial charge in [-0.15, -0.1) is 0 Å². The molecule has 1 aliphatic carbocycles. The molecule has 1 unspecified atom stereocenters. The van der Waals surface area contributed by atoms with E-state index in [4.69, 9.17) is 4.74 Å². The smallest absolute Gasteiger partial charge is 0.326 e. The van der Waals surface area contributed by atoms with Gasteiger partial charge < -0.3 is 15.2 Å². The van der Waals surface area contributed by atoms with Crippen LogP contribution < -0.4 is 10.1 Å². The zero-order chi connectivity index (χ0) is 17.6. The average Bonchev–Trinajstić information content (AvgIpc) is 3.09. The van der Waals surface area contributed by atoms with Gasteiger partial charge in [-0.25, -0.2) is 4.79 Å². The highest BCUT2D eigenvalue weighted by molar-refractivity contribution is 5.92. The summed E-state index contributed by atoms with van der Waals surface area (Å²) in [7, 11) is 1.60. The van der Waals surface area contributed by atoms with Crippen LogP contribution in [0.25, 0.3) is 0 Å². The summed E-state index contributed by atoms with van der Waals surface area (Å²) in [5.41, 5.74) is 0.282. The molecule has 1 amide bonds. The van der Waals surface area contributed by atoms with Gasteiger partial charge in [0, 0.05) is 0 Å². The number of rotatable bonds is 7. The van der Waals surface area contributed by atoms with Crippen molar-refractivity contribution in [3.63, 3.8) is 0 Å². The summed E-state index contributed by atoms with van der Waals surface area (Å²) in [6.45, 7) is 1.83. The molecule has 5 nitrogen and oxygen atoms in total. The second kappa shape index (κ2) is 7.99. The molecular weight excluding hydrogens is 306 g/mol. The van der Waals surface area contributed by atoms with Gasteiger partial charge in [0.05, 0.1) is 12.5 Å². The van der Waals surface area contributed by atoms with Crippen molar-refractivity contribution in [1.29, 1.82) is 0 Å². The number of allylic oxidation sites excluding steroid dienone is 1. The van der Waals surface area contributed by atoms with E-state index in [1.807, 2.05) is 31.2 Å². The number of hydrogen-bond donors (Lipinski definition) is 2. The third-order valence-electron chi connectivity index (χ3n) is 4.75. The van der Waals surface area contributed by atoms with Gasteiger partial charge in [-0.1, -0.05) is 37.1 Å². The lowest BCUT2D eigenvalue weighted by Gasteiger charge is -2.30. The summed E-state index contributed by atoms with van der Waals surface area (Å²) in [5.74, 6) is -0.463. The van der Waals surface area contributed by atoms with Gasteiger partial charge in [0.15, 0.2) is 0 Å². The summed E-state index contributed by atoms with van der Waals surface area (Å²) < 4.78 is 5.18. The van der Waals surface area contributed by atoms with E-state index in [9.17, 15) is 14.7 Å². The number of amides is 1. The standard InChI is InChI=1S/C19H25NO4/c1-3-4-7-16(17(21)22)20-18(23)19(12-5-6-13-19)14-8-10-15(24-2)11-9-14/h3-4,8-11,16H,5-7,12-13H2,1-2H3,(H,20,23)(H,21,22)/b4-3+. The first-order valence-corrected chi connectivity index (χ1v) is 8.33. The molecule has 0 aromatic heterocycles. The number of ether oxygens (including phenoxy) is 1. The van der Waals surface area contributed by atoms with Gasteiger partial charge in [0.25, 0.3) is 0 Å². The summed E-state index contributed by atoms with van der Waals surface area (Å²) in [4.78, 5) is 24.4. The quantitative estimate of drug-likeness (QED) is 0.753. The Balaban J connectivity index is 2.24. The van der Waals surface area contributed by atoms with Crippen LogP contribution in [0.1, 0.15) is 44.6 Å². The van der Waals surface area contributed by atoms with Crippen LogP contribution in [0.5, 0.6) is 5.75 Å². The summed E-state index contributed by atoms with van der Waals surface area (Å²) in [6, 6.07) is 6.61. The summed E-state index contributed by atoms with van der Waals surface area (Å²) >= 11 is 0. The number of aliphatic carboxylic acids is 1. The minimum atomic E-state index is -1.01. The molecule has 0 aliphatic heterocycles. The van der Waals surface area contributed by atoms with E-state index in [2.05, 4.69) is 5.32 Å². The van der Waals surface area contributed by atoms with Gasteiger partial charge >= 0.3 is 5.97 Å². The van der Waals surface area contributed by atoms with E-state index in [0.717, 1.165) is 37.0 Å². The van der Waals surface area contributed by atoms with Crippen LogP contribution in [0.15, 0.2) is 36.4 Å². The molecule has 24 heavy (non-hydrogen) atoms. The largest absolute Gasteiger partial charge is 0.497 e. The Morgan fingerprint density at radius 3 is 2.42 bits per heavy atom. The number of hydrogen-bond acceptors (Lipinski definition) is 3. The molecule has 0 bridgehead atoms. The first kappa shape index (κ1) is 18.0. The highest BCUT2D eigenvalue weighted by Crippen LogP contribution is 2.42. The maximum Gasteiger partial charge on any atom is 0.326 e. The molecule has 0 spiro atoms. The Morgan fingerprint density at radius 1 is 1.29 bits per heavy atom. The number of nitrogens with one attached hydrogen (secondary N) is 1. The van der Waals surface area contributed by atoms with E-state index >= 15 is 0 Å². The van der Waals surface area contributed by atoms with Crippen LogP contribution in [-0.4, -0.2) is 30.1 Å². The lowest BCUT2D eigenvalue weighted by molar-refractivity contribution is -0.142. The Morgan fingerprint density at radius 2 is 1.92 bits per heavy atom. The number of carboxylic acid groups (broad SMARTS) is 1. The molecular formula is C19H25NO4. The van der Waals surface area contributed by atoms with E-state index in [1.54, 1.807) is 19.3 Å². The summed E-state index contributed by atoms with van der Waals surface area (Å²) in [6.07, 6.45) is 7.24. The van der Waals surface area contributed by atoms with Gasteiger partial charge in [0.1, 0.15) is 11.8 Å². The van der Waals surface area contributed by atoms with Crippen molar-refractivity contribution in [2.24, 2.45) is 0 Å². The maximum atomic E-state index is 13.0. The van der Waals surface area contributed by atoms with E-state index in [1.165, 1.54) is 0 Å². The number of carboxylic acids is 1. The number of carbonyl (C=O) groups is 2. The van der Waals surface area contributed by atoms with Gasteiger partial charge in [-0.05, 0) is 43.9 Å². The van der Waals surface area contributed by atoms with Crippen molar-refractivity contribution >= 4 is 11.9 Å². The number of benzene rings is 1. The fourth-order valence-corrected chi connectivity index (χ4v) is 3.33. The average molecular weight is 331 g/mol. The Kier molecular flexibility index (Phi) is 6.01. The SMILES string of the molecule is C/C=C/CC(NC(=O)C1(c2ccc(OC)cc2)CCCC1)C(=O)O. The van der Waals surface area contributed by atoms with Crippen LogP contribution in [0.3, 0.4) is 0 Å². The zero-order valence-corrected chi connectivity index (χ0v) is 14.2. The molecule has 1 atom stereocenters. The first-order chi connectivity index (χ1) is 11.5. The monoisotopic (exact) mass is 331 g/mol. The molecule has 0 heterocycles. The molecule has 0 saturated heterocycles. The van der Waals surface area contributed by atoms with E-state index in [-0.39, 0.29) is 12.3 Å². The third-order valence-corrected chi connectivity index (χ3v) is 4.75. The topological polar surface area (TPSA) is 75.6 Å². The lowest BCUT2D eigenvalue weighted by atomic mass is 9.77. The molecule has 1 aromatic rings. The van der Waals surface area contributed by atoms with Crippen molar-refractivity contribution in [2.75, 3.05) is 7.11 Å². The van der Waals surface area contributed by atoms with Crippen LogP contribution in [-0.2, 0) is 15.0 Å². The fraction of sp³-hybridized carbons (Fsp3) is 0.474. The molecule has 1 saturated carbocycles. The summed E-state index contributed by atoms with van der Waals surface area (Å²) in [5, 5.41) is 12.1. The number of methoxy groups -OCH3 is 1. The van der Waals surface area contributed by atoms with Crippen molar-refractivity contribution in [3.05, 3.63) is 42.0 Å². The van der Waals surface area contributed by atoms with Gasteiger partial charge in [0.2, 0.25) is 5.91 Å². The van der Waals surface area contributed by atoms with Crippen molar-refractivity contribution in [2.45, 2.75) is 50.5 Å². The molecule has 5 heteroatoms. The highest BCUT2D eigenvalue weighted by atomic mass is 16.5. The molecule has 130 valence electrons. The predicted octanol–water partition coefficient (Wildman–Crippen LogP) is 3.04. The van der Waals surface area contributed by atoms with Gasteiger partial charge in [-0.2, -0.15) is 0 Å². The minimum absolute atomic E-state index is 0.193. The van der Waals surface area contributed by atoms with Crippen LogP contribution in [0.4, 0.5) is 0 Å². The Labute approximate surface area is 142 Å². The minimum Gasteiger partial charge on any atom is -0.497 e. The number of carbonyl (C=O) groups excluding carboxylic acids is 1. The molecule has 1 aliphatic rings.